The Hall–Kier alpha value is -2.12. The fourth-order valence-corrected chi connectivity index (χ4v) is 12.2. The molecule has 1 aliphatic heterocycles. The number of ether oxygens (including phenoxy) is 6. The summed E-state index contributed by atoms with van der Waals surface area (Å²) in [6.07, 6.45) is -2.55. The first-order chi connectivity index (χ1) is 21.5. The molecule has 6 fully saturated rings. The minimum atomic E-state index is -1.55. The molecule has 11 heteroatoms. The summed E-state index contributed by atoms with van der Waals surface area (Å²) < 4.78 is 37.9. The lowest BCUT2D eigenvalue weighted by Crippen LogP contribution is -2.79. The van der Waals surface area contributed by atoms with Gasteiger partial charge in [-0.15, -0.1) is 0 Å². The Morgan fingerprint density at radius 1 is 1.00 bits per heavy atom. The van der Waals surface area contributed by atoms with Crippen molar-refractivity contribution in [1.29, 1.82) is 0 Å². The molecule has 5 saturated carbocycles. The third-order valence-corrected chi connectivity index (χ3v) is 13.1. The number of hydrogen-bond acceptors (Lipinski definition) is 11. The number of nitrogens with zero attached hydrogens (tertiary/aromatic N) is 1. The van der Waals surface area contributed by atoms with Gasteiger partial charge in [-0.2, -0.15) is 0 Å². The number of likely N-dealkylation sites (tertiary alicyclic amines) is 1. The molecule has 1 heterocycles. The smallest absolute Gasteiger partial charge is 0.338 e. The molecule has 1 aromatic carbocycles. The van der Waals surface area contributed by atoms with Crippen LogP contribution < -0.4 is 0 Å². The summed E-state index contributed by atoms with van der Waals surface area (Å²) in [6.45, 7) is 5.08. The molecule has 248 valence electrons. The van der Waals surface area contributed by atoms with Crippen LogP contribution in [0.1, 0.15) is 43.5 Å². The van der Waals surface area contributed by atoms with Gasteiger partial charge < -0.3 is 38.6 Å². The Kier molecular flexibility index (Phi) is 7.48. The Bertz CT molecular complexity index is 1330. The van der Waals surface area contributed by atoms with Crippen LogP contribution >= 0.6 is 0 Å². The molecular formula is C34H47NO10. The molecule has 0 unspecified atom stereocenters. The van der Waals surface area contributed by atoms with Crippen LogP contribution in [0, 0.1) is 34.5 Å². The van der Waals surface area contributed by atoms with Gasteiger partial charge in [0.05, 0.1) is 36.6 Å². The Labute approximate surface area is 264 Å². The zero-order valence-corrected chi connectivity index (χ0v) is 27.0. The van der Waals surface area contributed by atoms with Crippen LogP contribution in [0.25, 0.3) is 0 Å². The number of methoxy groups -OCH3 is 4. The molecule has 14 atom stereocenters. The number of hydrogen-bond donors (Lipinski definition) is 2. The summed E-state index contributed by atoms with van der Waals surface area (Å²) in [5.41, 5.74) is -3.74. The van der Waals surface area contributed by atoms with E-state index in [2.05, 4.69) is 11.8 Å². The van der Waals surface area contributed by atoms with E-state index < -0.39 is 76.3 Å². The molecular weight excluding hydrogens is 582 g/mol. The number of fused-ring (bicyclic) bond motifs is 2. The van der Waals surface area contributed by atoms with Crippen LogP contribution in [-0.2, 0) is 33.2 Å². The third kappa shape index (κ3) is 3.72. The normalized spacial score (nSPS) is 49.1. The fourth-order valence-electron chi connectivity index (χ4n) is 12.2. The maximum absolute atomic E-state index is 13.7. The maximum Gasteiger partial charge on any atom is 0.338 e. The number of carbonyl (C=O) groups excluding carboxylic acids is 2. The highest BCUT2D eigenvalue weighted by Crippen LogP contribution is 2.80. The molecule has 6 aliphatic rings. The van der Waals surface area contributed by atoms with Crippen LogP contribution in [0.2, 0.25) is 0 Å². The quantitative estimate of drug-likeness (QED) is 0.387. The number of benzene rings is 1. The summed E-state index contributed by atoms with van der Waals surface area (Å²) in [4.78, 5) is 29.3. The SMILES string of the molecule is CCN1C[C@]2(COC)[C@H](O)C[C@H](OC)[C@@]34[C@@H]5C[C@@]6(O)[C@@H](OC)C[C@@](OC(C)=O)([C@H]5[C@H]6OC(=O)c5ccccc5)[C@@H]([C@@H](OC)[C@H]23)[C@@H]14. The molecule has 7 rings (SSSR count). The molecule has 11 nitrogen and oxygen atoms in total. The van der Waals surface area contributed by atoms with Gasteiger partial charge in [-0.25, -0.2) is 4.79 Å². The number of esters is 2. The van der Waals surface area contributed by atoms with Crippen LogP contribution in [-0.4, -0.2) is 123 Å². The van der Waals surface area contributed by atoms with Crippen molar-refractivity contribution in [2.75, 3.05) is 48.1 Å². The van der Waals surface area contributed by atoms with Crippen molar-refractivity contribution in [2.24, 2.45) is 34.5 Å². The van der Waals surface area contributed by atoms with E-state index in [-0.39, 0.29) is 30.7 Å². The van der Waals surface area contributed by atoms with Crippen molar-refractivity contribution in [2.45, 2.75) is 80.9 Å². The van der Waals surface area contributed by atoms with E-state index >= 15 is 0 Å². The fraction of sp³-hybridized carbons (Fsp3) is 0.765. The zero-order valence-electron chi connectivity index (χ0n) is 27.0. The van der Waals surface area contributed by atoms with Crippen molar-refractivity contribution in [3.8, 4) is 0 Å². The van der Waals surface area contributed by atoms with E-state index in [0.29, 0.717) is 31.7 Å². The Morgan fingerprint density at radius 3 is 2.31 bits per heavy atom. The highest BCUT2D eigenvalue weighted by atomic mass is 16.6. The van der Waals surface area contributed by atoms with Gasteiger partial charge in [-0.1, -0.05) is 25.1 Å². The molecule has 5 aliphatic carbocycles. The summed E-state index contributed by atoms with van der Waals surface area (Å²) in [6, 6.07) is 8.56. The average molecular weight is 630 g/mol. The zero-order chi connectivity index (χ0) is 32.1. The second-order valence-electron chi connectivity index (χ2n) is 14.4. The van der Waals surface area contributed by atoms with Crippen molar-refractivity contribution in [3.63, 3.8) is 0 Å². The number of aliphatic hydroxyl groups excluding tert-OH is 1. The Morgan fingerprint density at radius 2 is 1.71 bits per heavy atom. The number of piperidine rings is 1. The first kappa shape index (κ1) is 31.5. The van der Waals surface area contributed by atoms with Crippen LogP contribution in [0.4, 0.5) is 0 Å². The van der Waals surface area contributed by atoms with Crippen LogP contribution in [0.5, 0.6) is 0 Å². The van der Waals surface area contributed by atoms with Gasteiger partial charge in [-0.05, 0) is 31.0 Å². The van der Waals surface area contributed by atoms with E-state index in [1.807, 2.05) is 6.07 Å². The van der Waals surface area contributed by atoms with Crippen molar-refractivity contribution in [3.05, 3.63) is 35.9 Å². The van der Waals surface area contributed by atoms with E-state index in [1.165, 1.54) is 6.92 Å². The molecule has 0 aromatic heterocycles. The van der Waals surface area contributed by atoms with E-state index in [9.17, 15) is 19.8 Å². The van der Waals surface area contributed by atoms with Gasteiger partial charge in [0.25, 0.3) is 0 Å². The number of aliphatic hydroxyl groups is 2. The monoisotopic (exact) mass is 629 g/mol. The molecule has 45 heavy (non-hydrogen) atoms. The molecule has 2 N–H and O–H groups in total. The highest BCUT2D eigenvalue weighted by molar-refractivity contribution is 5.89. The van der Waals surface area contributed by atoms with Crippen molar-refractivity contribution in [1.82, 2.24) is 4.90 Å². The van der Waals surface area contributed by atoms with Gasteiger partial charge in [0.15, 0.2) is 0 Å². The lowest BCUT2D eigenvalue weighted by molar-refractivity contribution is -0.300. The highest BCUT2D eigenvalue weighted by Gasteiger charge is 2.90. The Balaban J connectivity index is 1.50. The lowest BCUT2D eigenvalue weighted by atomic mass is 9.42. The molecule has 7 bridgehead atoms. The minimum absolute atomic E-state index is 0.163. The van der Waals surface area contributed by atoms with Crippen LogP contribution in [0.15, 0.2) is 30.3 Å². The average Bonchev–Trinajstić information content (AvgIpc) is 3.40. The van der Waals surface area contributed by atoms with E-state index in [0.717, 1.165) is 0 Å². The van der Waals surface area contributed by atoms with Crippen LogP contribution in [0.3, 0.4) is 0 Å². The topological polar surface area (TPSA) is 133 Å². The minimum Gasteiger partial charge on any atom is -0.458 e. The first-order valence-corrected chi connectivity index (χ1v) is 16.2. The molecule has 1 spiro atoms. The molecule has 1 saturated heterocycles. The lowest BCUT2D eigenvalue weighted by Gasteiger charge is -2.70. The standard InChI is InChI=1S/C34H47NO10/c1-7-35-16-31(17-40-3)21(37)13-22(41-4)34-20-14-32(39)23(42-5)15-33(45-18(2)36,25(28(34)35)26(43-6)27(31)34)24(20)29(32)44-30(38)19-11-9-8-10-12-19/h8-12,20-29,37,39H,7,13-17H2,1-6H3/t20-,21-,22+,23+,24-,25+,26-,27-,28-,29-,31+,32-,33-,34+/m1/s1. The van der Waals surface area contributed by atoms with Gasteiger partial charge >= 0.3 is 11.9 Å². The number of rotatable bonds is 9. The molecule has 1 aromatic rings. The third-order valence-electron chi connectivity index (χ3n) is 13.1. The number of carbonyl (C=O) groups is 2. The van der Waals surface area contributed by atoms with E-state index in [1.54, 1.807) is 52.7 Å². The van der Waals surface area contributed by atoms with Gasteiger partial charge in [0.2, 0.25) is 0 Å². The summed E-state index contributed by atoms with van der Waals surface area (Å²) in [5.74, 6) is -2.55. The first-order valence-electron chi connectivity index (χ1n) is 16.2. The van der Waals surface area contributed by atoms with Gasteiger partial charge in [0.1, 0.15) is 17.3 Å². The van der Waals surface area contributed by atoms with E-state index in [4.69, 9.17) is 28.4 Å². The predicted molar refractivity (Wildman–Crippen MR) is 159 cm³/mol. The van der Waals surface area contributed by atoms with Gasteiger partial charge in [-0.3, -0.25) is 9.69 Å². The second-order valence-corrected chi connectivity index (χ2v) is 14.4. The molecule has 0 amide bonds. The summed E-state index contributed by atoms with van der Waals surface area (Å²) >= 11 is 0. The largest absolute Gasteiger partial charge is 0.458 e. The summed E-state index contributed by atoms with van der Waals surface area (Å²) in [5, 5.41) is 24.8. The van der Waals surface area contributed by atoms with Crippen molar-refractivity contribution < 1.29 is 48.2 Å². The van der Waals surface area contributed by atoms with Gasteiger partial charge in [0, 0.05) is 89.4 Å². The molecule has 0 radical (unpaired) electrons. The van der Waals surface area contributed by atoms with Crippen molar-refractivity contribution >= 4 is 11.9 Å². The maximum atomic E-state index is 13.7. The summed E-state index contributed by atoms with van der Waals surface area (Å²) in [7, 11) is 6.58. The second kappa shape index (κ2) is 10.7. The predicted octanol–water partition coefficient (Wildman–Crippen LogP) is 1.68.